The summed E-state index contributed by atoms with van der Waals surface area (Å²) < 4.78 is 1.78. The van der Waals surface area contributed by atoms with Gasteiger partial charge in [0.05, 0.1) is 5.69 Å². The highest BCUT2D eigenvalue weighted by Gasteiger charge is 2.10. The van der Waals surface area contributed by atoms with Crippen molar-refractivity contribution in [3.63, 3.8) is 0 Å². The van der Waals surface area contributed by atoms with Gasteiger partial charge < -0.3 is 10.6 Å². The van der Waals surface area contributed by atoms with Crippen LogP contribution < -0.4 is 10.6 Å². The summed E-state index contributed by atoms with van der Waals surface area (Å²) in [7, 11) is 0. The number of carbonyl (C=O) groups is 1. The van der Waals surface area contributed by atoms with Crippen molar-refractivity contribution in [3.8, 4) is 0 Å². The molecule has 2 amide bonds. The summed E-state index contributed by atoms with van der Waals surface area (Å²) in [4.78, 5) is 11.8. The number of anilines is 1. The Labute approximate surface area is 131 Å². The van der Waals surface area contributed by atoms with Gasteiger partial charge in [-0.05, 0) is 62.4 Å². The molecule has 0 radical (unpaired) electrons. The Balaban J connectivity index is 2.59. The van der Waals surface area contributed by atoms with Gasteiger partial charge in [-0.15, -0.1) is 0 Å². The van der Waals surface area contributed by atoms with E-state index in [1.807, 2.05) is 12.1 Å². The maximum Gasteiger partial charge on any atom is 0.319 e. The summed E-state index contributed by atoms with van der Waals surface area (Å²) in [5.41, 5.74) is 1.98. The zero-order valence-corrected chi connectivity index (χ0v) is 14.5. The third-order valence-electron chi connectivity index (χ3n) is 2.81. The van der Waals surface area contributed by atoms with Crippen molar-refractivity contribution in [3.05, 3.63) is 26.6 Å². The van der Waals surface area contributed by atoms with E-state index in [1.165, 1.54) is 5.56 Å². The lowest BCUT2D eigenvalue weighted by Gasteiger charge is -2.12. The molecule has 0 aliphatic rings. The molecule has 0 heterocycles. The van der Waals surface area contributed by atoms with E-state index in [0.717, 1.165) is 40.3 Å². The van der Waals surface area contributed by atoms with Crippen molar-refractivity contribution in [2.24, 2.45) is 0 Å². The molecule has 1 rings (SSSR count). The molecule has 0 aliphatic carbocycles. The van der Waals surface area contributed by atoms with Gasteiger partial charge >= 0.3 is 6.03 Å². The minimum absolute atomic E-state index is 0.165. The Bertz CT molecular complexity index is 412. The van der Waals surface area contributed by atoms with Crippen LogP contribution in [0.3, 0.4) is 0 Å². The number of carbonyl (C=O) groups excluding carboxylic acids is 1. The third kappa shape index (κ3) is 5.53. The maximum atomic E-state index is 11.8. The van der Waals surface area contributed by atoms with E-state index < -0.39 is 0 Å². The Morgan fingerprint density at radius 3 is 2.32 bits per heavy atom. The molecule has 0 atom stereocenters. The molecule has 106 valence electrons. The molecule has 3 nitrogen and oxygen atoms in total. The van der Waals surface area contributed by atoms with Gasteiger partial charge in [0.2, 0.25) is 0 Å². The molecular formula is C14H20Br2N2O. The van der Waals surface area contributed by atoms with Crippen molar-refractivity contribution in [2.45, 2.75) is 39.5 Å². The van der Waals surface area contributed by atoms with Crippen LogP contribution >= 0.6 is 31.9 Å². The van der Waals surface area contributed by atoms with E-state index in [4.69, 9.17) is 0 Å². The van der Waals surface area contributed by atoms with Crippen LogP contribution in [-0.4, -0.2) is 12.6 Å². The number of nitrogens with one attached hydrogen (secondary N) is 2. The van der Waals surface area contributed by atoms with Crippen molar-refractivity contribution in [1.29, 1.82) is 0 Å². The first-order chi connectivity index (χ1) is 9.08. The molecular weight excluding hydrogens is 372 g/mol. The van der Waals surface area contributed by atoms with E-state index in [-0.39, 0.29) is 6.03 Å². The number of benzene rings is 1. The molecule has 0 bridgehead atoms. The van der Waals surface area contributed by atoms with Crippen molar-refractivity contribution >= 4 is 43.6 Å². The molecule has 0 spiro atoms. The minimum Gasteiger partial charge on any atom is -0.338 e. The average molecular weight is 392 g/mol. The van der Waals surface area contributed by atoms with E-state index in [9.17, 15) is 4.79 Å². The second-order valence-electron chi connectivity index (χ2n) is 4.38. The van der Waals surface area contributed by atoms with Crippen molar-refractivity contribution < 1.29 is 4.79 Å². The van der Waals surface area contributed by atoms with Crippen LogP contribution in [0.4, 0.5) is 10.5 Å². The molecule has 0 unspecified atom stereocenters. The Morgan fingerprint density at radius 2 is 1.79 bits per heavy atom. The number of urea groups is 1. The number of rotatable bonds is 6. The quantitative estimate of drug-likeness (QED) is 0.651. The van der Waals surface area contributed by atoms with Crippen molar-refractivity contribution in [2.75, 3.05) is 11.9 Å². The van der Waals surface area contributed by atoms with Crippen LogP contribution in [0.5, 0.6) is 0 Å². The monoisotopic (exact) mass is 390 g/mol. The molecule has 0 fully saturated rings. The average Bonchev–Trinajstić information content (AvgIpc) is 2.38. The van der Waals surface area contributed by atoms with Gasteiger partial charge in [0.1, 0.15) is 0 Å². The molecule has 0 aromatic heterocycles. The molecule has 1 aromatic rings. The Morgan fingerprint density at radius 1 is 1.16 bits per heavy atom. The summed E-state index contributed by atoms with van der Waals surface area (Å²) in [6, 6.07) is 3.89. The predicted octanol–water partition coefficient (Wildman–Crippen LogP) is 5.09. The zero-order valence-electron chi connectivity index (χ0n) is 11.4. The molecule has 0 saturated heterocycles. The van der Waals surface area contributed by atoms with Crippen LogP contribution in [0, 0.1) is 0 Å². The second kappa shape index (κ2) is 8.59. The van der Waals surface area contributed by atoms with Gasteiger partial charge in [-0.1, -0.05) is 26.7 Å². The molecule has 5 heteroatoms. The van der Waals surface area contributed by atoms with Crippen LogP contribution in [0.15, 0.2) is 21.1 Å². The number of unbranched alkanes of at least 4 members (excludes halogenated alkanes) is 2. The highest BCUT2D eigenvalue weighted by Crippen LogP contribution is 2.32. The first-order valence-electron chi connectivity index (χ1n) is 6.61. The van der Waals surface area contributed by atoms with Gasteiger partial charge in [0, 0.05) is 15.5 Å². The first-order valence-corrected chi connectivity index (χ1v) is 8.19. The van der Waals surface area contributed by atoms with Gasteiger partial charge in [-0.3, -0.25) is 0 Å². The molecule has 19 heavy (non-hydrogen) atoms. The van der Waals surface area contributed by atoms with E-state index in [1.54, 1.807) is 0 Å². The summed E-state index contributed by atoms with van der Waals surface area (Å²) in [6.45, 7) is 4.95. The van der Waals surface area contributed by atoms with Crippen LogP contribution in [0.2, 0.25) is 0 Å². The standard InChI is InChI=1S/C14H20Br2N2O/c1-3-5-6-7-17-14(19)18-13-11(15)8-10(4-2)9-12(13)16/h8-9H,3-7H2,1-2H3,(H2,17,18,19). The number of hydrogen-bond acceptors (Lipinski definition) is 1. The van der Waals surface area contributed by atoms with E-state index >= 15 is 0 Å². The zero-order chi connectivity index (χ0) is 14.3. The lowest BCUT2D eigenvalue weighted by Crippen LogP contribution is -2.29. The summed E-state index contributed by atoms with van der Waals surface area (Å²) >= 11 is 6.98. The van der Waals surface area contributed by atoms with Gasteiger partial charge in [-0.25, -0.2) is 4.79 Å². The van der Waals surface area contributed by atoms with Gasteiger partial charge in [-0.2, -0.15) is 0 Å². The first kappa shape index (κ1) is 16.5. The summed E-state index contributed by atoms with van der Waals surface area (Å²) in [6.07, 6.45) is 4.26. The minimum atomic E-state index is -0.165. The third-order valence-corrected chi connectivity index (χ3v) is 4.07. The van der Waals surface area contributed by atoms with Gasteiger partial charge in [0.15, 0.2) is 0 Å². The number of amides is 2. The smallest absolute Gasteiger partial charge is 0.319 e. The molecule has 1 aromatic carbocycles. The number of aryl methyl sites for hydroxylation is 1. The summed E-state index contributed by atoms with van der Waals surface area (Å²) in [5, 5.41) is 5.72. The van der Waals surface area contributed by atoms with E-state index in [2.05, 4.69) is 56.3 Å². The highest BCUT2D eigenvalue weighted by molar-refractivity contribution is 9.11. The highest BCUT2D eigenvalue weighted by atomic mass is 79.9. The van der Waals surface area contributed by atoms with Crippen molar-refractivity contribution in [1.82, 2.24) is 5.32 Å². The largest absolute Gasteiger partial charge is 0.338 e. The number of hydrogen-bond donors (Lipinski definition) is 2. The Hall–Kier alpha value is -0.550. The molecule has 2 N–H and O–H groups in total. The lowest BCUT2D eigenvalue weighted by atomic mass is 10.1. The Kier molecular flexibility index (Phi) is 7.46. The van der Waals surface area contributed by atoms with E-state index in [0.29, 0.717) is 6.54 Å². The van der Waals surface area contributed by atoms with Crippen LogP contribution in [0.1, 0.15) is 38.7 Å². The fourth-order valence-corrected chi connectivity index (χ4v) is 3.16. The van der Waals surface area contributed by atoms with Crippen LogP contribution in [-0.2, 0) is 6.42 Å². The fourth-order valence-electron chi connectivity index (χ4n) is 1.68. The lowest BCUT2D eigenvalue weighted by molar-refractivity contribution is 0.252. The SMILES string of the molecule is CCCCCNC(=O)Nc1c(Br)cc(CC)cc1Br. The molecule has 0 saturated carbocycles. The normalized spacial score (nSPS) is 10.3. The number of halogens is 2. The van der Waals surface area contributed by atoms with Gasteiger partial charge in [0.25, 0.3) is 0 Å². The predicted molar refractivity (Wildman–Crippen MR) is 87.8 cm³/mol. The maximum absolute atomic E-state index is 11.8. The van der Waals surface area contributed by atoms with Crippen LogP contribution in [0.25, 0.3) is 0 Å². The fraction of sp³-hybridized carbons (Fsp3) is 0.500. The molecule has 0 aliphatic heterocycles. The summed E-state index contributed by atoms with van der Waals surface area (Å²) in [5.74, 6) is 0. The topological polar surface area (TPSA) is 41.1 Å². The second-order valence-corrected chi connectivity index (χ2v) is 6.08.